The second-order valence-corrected chi connectivity index (χ2v) is 9.63. The molecule has 7 nitrogen and oxygen atoms in total. The molecule has 0 aliphatic carbocycles. The largest absolute Gasteiger partial charge is 0.416 e. The van der Waals surface area contributed by atoms with Gasteiger partial charge in [0.15, 0.2) is 5.13 Å². The quantitative estimate of drug-likeness (QED) is 0.450. The van der Waals surface area contributed by atoms with Crippen LogP contribution in [0.5, 0.6) is 0 Å². The second kappa shape index (κ2) is 11.8. The van der Waals surface area contributed by atoms with E-state index < -0.39 is 11.7 Å². The molecule has 38 heavy (non-hydrogen) atoms. The molecule has 0 saturated carbocycles. The lowest BCUT2D eigenvalue weighted by Crippen LogP contribution is -2.49. The maximum Gasteiger partial charge on any atom is 0.416 e. The van der Waals surface area contributed by atoms with E-state index in [1.54, 1.807) is 28.5 Å². The van der Waals surface area contributed by atoms with Gasteiger partial charge in [-0.25, -0.2) is 9.37 Å². The Labute approximate surface area is 221 Å². The molecule has 1 aromatic heterocycles. The number of carbonyl (C=O) groups excluding carboxylic acids is 2. The summed E-state index contributed by atoms with van der Waals surface area (Å²) in [6, 6.07) is 11.8. The Morgan fingerprint density at radius 1 is 0.816 bits per heavy atom. The molecule has 0 atom stereocenters. The van der Waals surface area contributed by atoms with Gasteiger partial charge in [0, 0.05) is 69.1 Å². The summed E-state index contributed by atoms with van der Waals surface area (Å²) in [6.45, 7) is 6.77. The van der Waals surface area contributed by atoms with Crippen molar-refractivity contribution in [1.29, 1.82) is 0 Å². The molecule has 2 aliphatic rings. The van der Waals surface area contributed by atoms with Crippen molar-refractivity contribution in [2.24, 2.45) is 0 Å². The number of nitrogens with zero attached hydrogens (tertiary/aromatic N) is 5. The number of aromatic nitrogens is 1. The van der Waals surface area contributed by atoms with E-state index in [0.717, 1.165) is 49.1 Å². The van der Waals surface area contributed by atoms with E-state index in [-0.39, 0.29) is 11.7 Å². The number of halogens is 4. The summed E-state index contributed by atoms with van der Waals surface area (Å²) < 4.78 is 52.3. The van der Waals surface area contributed by atoms with Gasteiger partial charge in [0.05, 0.1) is 5.56 Å². The number of rotatable bonds is 4. The molecule has 0 spiro atoms. The van der Waals surface area contributed by atoms with Crippen molar-refractivity contribution in [2.75, 3.05) is 67.1 Å². The molecule has 2 fully saturated rings. The van der Waals surface area contributed by atoms with Crippen LogP contribution >= 0.6 is 11.3 Å². The van der Waals surface area contributed by atoms with Crippen LogP contribution in [0.1, 0.15) is 16.1 Å². The van der Waals surface area contributed by atoms with Crippen LogP contribution in [0.2, 0.25) is 0 Å². The molecule has 12 heteroatoms. The Kier molecular flexibility index (Phi) is 8.50. The highest BCUT2D eigenvalue weighted by atomic mass is 32.1. The van der Waals surface area contributed by atoms with Crippen molar-refractivity contribution < 1.29 is 27.2 Å². The zero-order chi connectivity index (χ0) is 27.3. The summed E-state index contributed by atoms with van der Waals surface area (Å²) in [6.07, 6.45) is -4.39. The van der Waals surface area contributed by atoms with Gasteiger partial charge in [0.2, 0.25) is 0 Å². The third-order valence-corrected chi connectivity index (χ3v) is 7.46. The van der Waals surface area contributed by atoms with Gasteiger partial charge in [-0.1, -0.05) is 6.07 Å². The van der Waals surface area contributed by atoms with E-state index in [1.807, 2.05) is 11.7 Å². The van der Waals surface area contributed by atoms with Crippen LogP contribution < -0.4 is 14.7 Å². The molecule has 2 aliphatic heterocycles. The van der Waals surface area contributed by atoms with Crippen molar-refractivity contribution in [3.63, 3.8) is 0 Å². The number of alkyl halides is 3. The topological polar surface area (TPSA) is 60.0 Å². The number of hydrogen-bond donors (Lipinski definition) is 0. The highest BCUT2D eigenvalue weighted by Crippen LogP contribution is 2.32. The second-order valence-electron chi connectivity index (χ2n) is 8.79. The van der Waals surface area contributed by atoms with E-state index in [1.165, 1.54) is 29.5 Å². The van der Waals surface area contributed by atoms with Crippen molar-refractivity contribution in [1.82, 2.24) is 9.88 Å². The monoisotopic (exact) mass is 549 g/mol. The third kappa shape index (κ3) is 6.24. The first-order valence-electron chi connectivity index (χ1n) is 12.0. The minimum Gasteiger partial charge on any atom is -0.368 e. The molecule has 202 valence electrons. The number of piperazine rings is 2. The number of anilines is 3. The number of hydrogen-bond acceptors (Lipinski definition) is 7. The smallest absolute Gasteiger partial charge is 0.368 e. The Hall–Kier alpha value is -3.67. The van der Waals surface area contributed by atoms with Crippen molar-refractivity contribution >= 4 is 40.5 Å². The van der Waals surface area contributed by atoms with E-state index >= 15 is 0 Å². The van der Waals surface area contributed by atoms with Gasteiger partial charge < -0.3 is 24.4 Å². The summed E-state index contributed by atoms with van der Waals surface area (Å²) >= 11 is 1.43. The number of amides is 1. The number of thiazole rings is 1. The molecular formula is C26H27F4N5O2S. The molecule has 0 radical (unpaired) electrons. The van der Waals surface area contributed by atoms with Crippen LogP contribution in [0.25, 0.3) is 0 Å². The van der Waals surface area contributed by atoms with Crippen LogP contribution in [-0.4, -0.2) is 74.9 Å². The predicted molar refractivity (Wildman–Crippen MR) is 140 cm³/mol. The first-order valence-corrected chi connectivity index (χ1v) is 12.9. The van der Waals surface area contributed by atoms with Gasteiger partial charge in [-0.2, -0.15) is 13.2 Å². The molecule has 0 bridgehead atoms. The fourth-order valence-electron chi connectivity index (χ4n) is 4.52. The lowest BCUT2D eigenvalue weighted by Gasteiger charge is -2.36. The number of benzene rings is 2. The van der Waals surface area contributed by atoms with Crippen LogP contribution in [0, 0.1) is 5.82 Å². The van der Waals surface area contributed by atoms with Gasteiger partial charge >= 0.3 is 6.18 Å². The highest BCUT2D eigenvalue weighted by molar-refractivity contribution is 7.13. The van der Waals surface area contributed by atoms with E-state index in [9.17, 15) is 22.4 Å². The van der Waals surface area contributed by atoms with Gasteiger partial charge in [-0.3, -0.25) is 4.79 Å². The SMILES string of the molecule is C=O.O=C(c1csc(N2CCN(c3ccc(F)cc3)CC2)n1)N1CCN(c2cccc(C(F)(F)F)c2)CC1. The van der Waals surface area contributed by atoms with Gasteiger partial charge in [-0.15, -0.1) is 11.3 Å². The number of carbonyl (C=O) groups is 2. The van der Waals surface area contributed by atoms with Crippen LogP contribution in [0.15, 0.2) is 53.9 Å². The third-order valence-electron chi connectivity index (χ3n) is 6.56. The fourth-order valence-corrected chi connectivity index (χ4v) is 5.38. The summed E-state index contributed by atoms with van der Waals surface area (Å²) in [5, 5.41) is 2.56. The summed E-state index contributed by atoms with van der Waals surface area (Å²) in [5.41, 5.74) is 1.21. The standard InChI is InChI=1S/C25H25F4N5OS.CH2O/c26-19-4-6-20(7-5-19)31-10-14-34(15-11-31)24-30-22(17-36-24)23(35)33-12-8-32(9-13-33)21-3-1-2-18(16-21)25(27,28)29;1-2/h1-7,16-17H,8-15H2;1H2. The fraction of sp³-hybridized carbons (Fsp3) is 0.346. The average molecular weight is 550 g/mol. The zero-order valence-corrected chi connectivity index (χ0v) is 21.3. The van der Waals surface area contributed by atoms with Crippen LogP contribution in [0.3, 0.4) is 0 Å². The average Bonchev–Trinajstić information content (AvgIpc) is 3.44. The molecule has 2 saturated heterocycles. The lowest BCUT2D eigenvalue weighted by atomic mass is 10.1. The Bertz CT molecular complexity index is 1220. The van der Waals surface area contributed by atoms with E-state index in [4.69, 9.17) is 4.79 Å². The van der Waals surface area contributed by atoms with Gasteiger partial charge in [0.1, 0.15) is 18.3 Å². The normalized spacial score (nSPS) is 16.2. The molecule has 0 N–H and O–H groups in total. The summed E-state index contributed by atoms with van der Waals surface area (Å²) in [5.74, 6) is -0.416. The Morgan fingerprint density at radius 3 is 2.03 bits per heavy atom. The van der Waals surface area contributed by atoms with Crippen LogP contribution in [-0.2, 0) is 11.0 Å². The van der Waals surface area contributed by atoms with Crippen LogP contribution in [0.4, 0.5) is 34.1 Å². The Morgan fingerprint density at radius 2 is 1.39 bits per heavy atom. The molecule has 1 amide bonds. The highest BCUT2D eigenvalue weighted by Gasteiger charge is 2.31. The molecule has 3 heterocycles. The van der Waals surface area contributed by atoms with Crippen molar-refractivity contribution in [2.45, 2.75) is 6.18 Å². The van der Waals surface area contributed by atoms with E-state index in [0.29, 0.717) is 37.6 Å². The van der Waals surface area contributed by atoms with Gasteiger partial charge in [0.25, 0.3) is 5.91 Å². The summed E-state index contributed by atoms with van der Waals surface area (Å²) in [7, 11) is 0. The minimum absolute atomic E-state index is 0.161. The van der Waals surface area contributed by atoms with Crippen molar-refractivity contribution in [3.8, 4) is 0 Å². The molecular weight excluding hydrogens is 522 g/mol. The maximum absolute atomic E-state index is 13.2. The Balaban J connectivity index is 0.00000164. The maximum atomic E-state index is 13.2. The van der Waals surface area contributed by atoms with Crippen molar-refractivity contribution in [3.05, 3.63) is 71.0 Å². The first-order chi connectivity index (χ1) is 18.3. The molecule has 5 rings (SSSR count). The van der Waals surface area contributed by atoms with E-state index in [2.05, 4.69) is 14.8 Å². The van der Waals surface area contributed by atoms with Gasteiger partial charge in [-0.05, 0) is 42.5 Å². The predicted octanol–water partition coefficient (Wildman–Crippen LogP) is 4.41. The first kappa shape index (κ1) is 27.4. The lowest BCUT2D eigenvalue weighted by molar-refractivity contribution is -0.137. The molecule has 0 unspecified atom stereocenters. The minimum atomic E-state index is -4.39. The molecule has 3 aromatic rings. The summed E-state index contributed by atoms with van der Waals surface area (Å²) in [4.78, 5) is 33.5. The molecule has 2 aromatic carbocycles. The zero-order valence-electron chi connectivity index (χ0n) is 20.5.